The van der Waals surface area contributed by atoms with Crippen LogP contribution in [0.1, 0.15) is 22.3 Å². The van der Waals surface area contributed by atoms with Gasteiger partial charge in [-0.3, -0.25) is 0 Å². The van der Waals surface area contributed by atoms with Crippen molar-refractivity contribution in [2.45, 2.75) is 5.41 Å². The zero-order valence-electron chi connectivity index (χ0n) is 19.7. The van der Waals surface area contributed by atoms with Crippen molar-refractivity contribution in [3.05, 3.63) is 156 Å². The minimum absolute atomic E-state index is 0.375. The van der Waals surface area contributed by atoms with E-state index >= 15 is 0 Å². The number of hydrogen-bond donors (Lipinski definition) is 1. The fraction of sp³-hybridized carbons (Fsp3) is 0.0286. The maximum Gasteiger partial charge on any atom is 0.0746 e. The fourth-order valence-electron chi connectivity index (χ4n) is 6.66. The highest BCUT2D eigenvalue weighted by Gasteiger charge is 2.52. The zero-order valence-corrected chi connectivity index (χ0v) is 19.7. The van der Waals surface area contributed by atoms with Crippen LogP contribution in [0.3, 0.4) is 0 Å². The Morgan fingerprint density at radius 2 is 1.00 bits per heavy atom. The first-order valence-corrected chi connectivity index (χ1v) is 12.5. The Hall–Kier alpha value is -4.62. The number of para-hydroxylation sites is 1. The summed E-state index contributed by atoms with van der Waals surface area (Å²) in [6, 6.07) is 48.8. The summed E-state index contributed by atoms with van der Waals surface area (Å²) in [5.74, 6) is 0. The van der Waals surface area contributed by atoms with Gasteiger partial charge >= 0.3 is 0 Å². The molecule has 0 amide bonds. The molecule has 0 heterocycles. The van der Waals surface area contributed by atoms with Crippen molar-refractivity contribution >= 4 is 22.1 Å². The number of benzene rings is 6. The molecule has 1 nitrogen and oxygen atoms in total. The minimum atomic E-state index is -0.375. The molecular formula is C35H23N. The molecule has 36 heavy (non-hydrogen) atoms. The van der Waals surface area contributed by atoms with Crippen LogP contribution in [-0.4, -0.2) is 0 Å². The van der Waals surface area contributed by atoms with Crippen molar-refractivity contribution in [3.63, 3.8) is 0 Å². The topological polar surface area (TPSA) is 12.0 Å². The van der Waals surface area contributed by atoms with E-state index < -0.39 is 0 Å². The lowest BCUT2D eigenvalue weighted by Crippen LogP contribution is -2.26. The SMILES string of the molecule is c1ccc(Nc2cccc3c2C2(c4ccccc4-c4cc5ccccc5cc42)c2ccccc2-3)cc1. The Labute approximate surface area is 210 Å². The molecule has 1 N–H and O–H groups in total. The van der Waals surface area contributed by atoms with Crippen molar-refractivity contribution in [1.82, 2.24) is 0 Å². The maximum atomic E-state index is 3.79. The molecule has 6 aromatic carbocycles. The highest BCUT2D eigenvalue weighted by Crippen LogP contribution is 2.64. The van der Waals surface area contributed by atoms with Crippen molar-refractivity contribution in [2.75, 3.05) is 5.32 Å². The van der Waals surface area contributed by atoms with Gasteiger partial charge < -0.3 is 5.32 Å². The summed E-state index contributed by atoms with van der Waals surface area (Å²) in [5, 5.41) is 6.35. The van der Waals surface area contributed by atoms with E-state index in [-0.39, 0.29) is 5.41 Å². The van der Waals surface area contributed by atoms with E-state index in [0.717, 1.165) is 11.4 Å². The molecular weight excluding hydrogens is 434 g/mol. The first-order valence-electron chi connectivity index (χ1n) is 12.5. The quantitative estimate of drug-likeness (QED) is 0.273. The van der Waals surface area contributed by atoms with Gasteiger partial charge in [0.25, 0.3) is 0 Å². The van der Waals surface area contributed by atoms with Crippen molar-refractivity contribution in [2.24, 2.45) is 0 Å². The van der Waals surface area contributed by atoms with Crippen LogP contribution in [0.4, 0.5) is 11.4 Å². The maximum absolute atomic E-state index is 3.79. The Kier molecular flexibility index (Phi) is 3.93. The zero-order chi connectivity index (χ0) is 23.7. The van der Waals surface area contributed by atoms with Crippen molar-refractivity contribution in [3.8, 4) is 22.3 Å². The Morgan fingerprint density at radius 3 is 1.75 bits per heavy atom. The molecule has 1 spiro atoms. The minimum Gasteiger partial charge on any atom is -0.355 e. The van der Waals surface area contributed by atoms with Crippen LogP contribution < -0.4 is 5.32 Å². The lowest BCUT2D eigenvalue weighted by molar-refractivity contribution is 0.797. The highest BCUT2D eigenvalue weighted by atomic mass is 14.9. The van der Waals surface area contributed by atoms with Gasteiger partial charge in [0.15, 0.2) is 0 Å². The molecule has 168 valence electrons. The first-order chi connectivity index (χ1) is 17.9. The monoisotopic (exact) mass is 457 g/mol. The molecule has 0 saturated carbocycles. The van der Waals surface area contributed by atoms with E-state index in [2.05, 4.69) is 139 Å². The molecule has 1 atom stereocenters. The molecule has 0 radical (unpaired) electrons. The second kappa shape index (κ2) is 7.19. The van der Waals surface area contributed by atoms with E-state index in [4.69, 9.17) is 0 Å². The third-order valence-corrected chi connectivity index (χ3v) is 8.02. The van der Waals surface area contributed by atoms with E-state index in [1.807, 2.05) is 0 Å². The Morgan fingerprint density at radius 1 is 0.417 bits per heavy atom. The van der Waals surface area contributed by atoms with Gasteiger partial charge in [-0.25, -0.2) is 0 Å². The van der Waals surface area contributed by atoms with E-state index in [1.165, 1.54) is 55.3 Å². The molecule has 1 unspecified atom stereocenters. The van der Waals surface area contributed by atoms with Gasteiger partial charge in [0.1, 0.15) is 0 Å². The van der Waals surface area contributed by atoms with Gasteiger partial charge in [-0.15, -0.1) is 0 Å². The molecule has 2 aliphatic carbocycles. The third-order valence-electron chi connectivity index (χ3n) is 8.02. The lowest BCUT2D eigenvalue weighted by Gasteiger charge is -2.32. The standard InChI is InChI=1S/C35H23N/c1-2-13-25(14-3-1)36-33-20-10-17-28-26-15-6-8-18-30(26)35(34(28)33)31-19-9-7-16-27(31)29-21-23-11-4-5-12-24(23)22-32(29)35/h1-22,36H. The predicted octanol–water partition coefficient (Wildman–Crippen LogP) is 8.93. The van der Waals surface area contributed by atoms with E-state index in [1.54, 1.807) is 0 Å². The molecule has 0 saturated heterocycles. The van der Waals surface area contributed by atoms with Crippen LogP contribution in [0.2, 0.25) is 0 Å². The smallest absolute Gasteiger partial charge is 0.0746 e. The van der Waals surface area contributed by atoms with Gasteiger partial charge in [0, 0.05) is 16.9 Å². The van der Waals surface area contributed by atoms with Gasteiger partial charge in [0.05, 0.1) is 5.41 Å². The van der Waals surface area contributed by atoms with Crippen LogP contribution in [-0.2, 0) is 5.41 Å². The Bertz CT molecular complexity index is 1810. The molecule has 6 aromatic rings. The largest absolute Gasteiger partial charge is 0.355 e. The summed E-state index contributed by atoms with van der Waals surface area (Å²) < 4.78 is 0. The predicted molar refractivity (Wildman–Crippen MR) is 150 cm³/mol. The number of hydrogen-bond acceptors (Lipinski definition) is 1. The lowest BCUT2D eigenvalue weighted by atomic mass is 9.70. The molecule has 0 aliphatic heterocycles. The number of nitrogens with one attached hydrogen (secondary N) is 1. The average Bonchev–Trinajstić information content (AvgIpc) is 3.40. The summed E-state index contributed by atoms with van der Waals surface area (Å²) in [6.45, 7) is 0. The van der Waals surface area contributed by atoms with Crippen LogP contribution in [0.5, 0.6) is 0 Å². The van der Waals surface area contributed by atoms with Crippen LogP contribution in [0, 0.1) is 0 Å². The van der Waals surface area contributed by atoms with Crippen LogP contribution in [0.25, 0.3) is 33.0 Å². The molecule has 0 bridgehead atoms. The van der Waals surface area contributed by atoms with Gasteiger partial charge in [-0.2, -0.15) is 0 Å². The summed E-state index contributed by atoms with van der Waals surface area (Å²) in [7, 11) is 0. The number of anilines is 2. The number of fused-ring (bicyclic) bond motifs is 11. The summed E-state index contributed by atoms with van der Waals surface area (Å²) in [6.07, 6.45) is 0. The summed E-state index contributed by atoms with van der Waals surface area (Å²) in [4.78, 5) is 0. The van der Waals surface area contributed by atoms with E-state index in [9.17, 15) is 0 Å². The van der Waals surface area contributed by atoms with Crippen molar-refractivity contribution in [1.29, 1.82) is 0 Å². The van der Waals surface area contributed by atoms with E-state index in [0.29, 0.717) is 0 Å². The molecule has 0 aromatic heterocycles. The summed E-state index contributed by atoms with van der Waals surface area (Å²) >= 11 is 0. The normalized spacial score (nSPS) is 16.4. The van der Waals surface area contributed by atoms with Crippen LogP contribution in [0.15, 0.2) is 133 Å². The van der Waals surface area contributed by atoms with Gasteiger partial charge in [-0.05, 0) is 80.0 Å². The summed E-state index contributed by atoms with van der Waals surface area (Å²) in [5.41, 5.74) is 12.6. The second-order valence-electron chi connectivity index (χ2n) is 9.81. The fourth-order valence-corrected chi connectivity index (χ4v) is 6.66. The second-order valence-corrected chi connectivity index (χ2v) is 9.81. The Balaban J connectivity index is 1.54. The molecule has 8 rings (SSSR count). The van der Waals surface area contributed by atoms with Gasteiger partial charge in [-0.1, -0.05) is 103 Å². The molecule has 2 aliphatic rings. The number of rotatable bonds is 2. The van der Waals surface area contributed by atoms with Gasteiger partial charge in [0.2, 0.25) is 0 Å². The molecule has 0 fully saturated rings. The molecule has 1 heteroatoms. The third kappa shape index (κ3) is 2.44. The highest BCUT2D eigenvalue weighted by molar-refractivity contribution is 6.01. The first kappa shape index (κ1) is 19.7. The average molecular weight is 458 g/mol. The van der Waals surface area contributed by atoms with Crippen LogP contribution >= 0.6 is 0 Å². The van der Waals surface area contributed by atoms with Crippen molar-refractivity contribution < 1.29 is 0 Å².